The molecule has 98 valence electrons. The van der Waals surface area contributed by atoms with Crippen LogP contribution in [-0.4, -0.2) is 17.0 Å². The minimum Gasteiger partial charge on any atom is -0.478 e. The molecule has 0 fully saturated rings. The lowest BCUT2D eigenvalue weighted by atomic mass is 10.1. The molecular weight excluding hydrogens is 286 g/mol. The van der Waals surface area contributed by atoms with Gasteiger partial charge in [-0.1, -0.05) is 29.8 Å². The molecule has 2 N–H and O–H groups in total. The second kappa shape index (κ2) is 5.86. The lowest BCUT2D eigenvalue weighted by Gasteiger charge is -2.05. The summed E-state index contributed by atoms with van der Waals surface area (Å²) >= 11 is 7.14. The average molecular weight is 296 g/mol. The second-order valence-corrected chi connectivity index (χ2v) is 5.11. The van der Waals surface area contributed by atoms with Crippen molar-refractivity contribution >= 4 is 39.8 Å². The van der Waals surface area contributed by atoms with E-state index in [0.717, 1.165) is 0 Å². The second-order valence-electron chi connectivity index (χ2n) is 3.78. The van der Waals surface area contributed by atoms with Crippen LogP contribution in [0.25, 0.3) is 0 Å². The number of anilines is 1. The number of carboxylic acid groups (broad SMARTS) is 1. The molecule has 0 saturated heterocycles. The zero-order valence-corrected chi connectivity index (χ0v) is 11.3. The predicted molar refractivity (Wildman–Crippen MR) is 75.1 cm³/mol. The van der Waals surface area contributed by atoms with Crippen LogP contribution in [0.15, 0.2) is 35.7 Å². The van der Waals surface area contributed by atoms with Crippen molar-refractivity contribution in [3.8, 4) is 0 Å². The molecule has 0 aliphatic carbocycles. The number of nitrogens with one attached hydrogen (secondary N) is 1. The fourth-order valence-corrected chi connectivity index (χ4v) is 2.56. The van der Waals surface area contributed by atoms with E-state index in [0.29, 0.717) is 15.6 Å². The molecule has 6 heteroatoms. The van der Waals surface area contributed by atoms with Crippen molar-refractivity contribution in [3.63, 3.8) is 0 Å². The molecular formula is C13H10ClNO3S. The zero-order chi connectivity index (χ0) is 13.8. The van der Waals surface area contributed by atoms with E-state index in [4.69, 9.17) is 16.7 Å². The van der Waals surface area contributed by atoms with Gasteiger partial charge in [0.1, 0.15) is 5.00 Å². The van der Waals surface area contributed by atoms with Crippen LogP contribution >= 0.6 is 22.9 Å². The Morgan fingerprint density at radius 2 is 2.00 bits per heavy atom. The van der Waals surface area contributed by atoms with Gasteiger partial charge in [-0.25, -0.2) is 4.79 Å². The summed E-state index contributed by atoms with van der Waals surface area (Å²) in [5.74, 6) is -1.35. The maximum Gasteiger partial charge on any atom is 0.338 e. The Kier molecular flexibility index (Phi) is 4.19. The van der Waals surface area contributed by atoms with E-state index in [1.807, 2.05) is 0 Å². The highest BCUT2D eigenvalue weighted by atomic mass is 35.5. The van der Waals surface area contributed by atoms with Crippen molar-refractivity contribution in [3.05, 3.63) is 51.9 Å². The molecule has 2 rings (SSSR count). The van der Waals surface area contributed by atoms with E-state index in [1.54, 1.807) is 29.6 Å². The third kappa shape index (κ3) is 3.33. The Morgan fingerprint density at radius 1 is 1.26 bits per heavy atom. The minimum atomic E-state index is -1.06. The van der Waals surface area contributed by atoms with Gasteiger partial charge in [-0.15, -0.1) is 11.3 Å². The van der Waals surface area contributed by atoms with E-state index in [1.165, 1.54) is 17.4 Å². The van der Waals surface area contributed by atoms with Crippen molar-refractivity contribution in [2.45, 2.75) is 6.42 Å². The quantitative estimate of drug-likeness (QED) is 0.909. The molecule has 1 aromatic heterocycles. The minimum absolute atomic E-state index is 0.0949. The van der Waals surface area contributed by atoms with Crippen molar-refractivity contribution in [1.29, 1.82) is 0 Å². The average Bonchev–Trinajstić information content (AvgIpc) is 2.80. The van der Waals surface area contributed by atoms with Gasteiger partial charge in [-0.2, -0.15) is 0 Å². The van der Waals surface area contributed by atoms with Crippen molar-refractivity contribution < 1.29 is 14.7 Å². The number of halogens is 1. The number of carbonyl (C=O) groups is 2. The zero-order valence-electron chi connectivity index (χ0n) is 9.72. The first-order valence-corrected chi connectivity index (χ1v) is 6.67. The summed E-state index contributed by atoms with van der Waals surface area (Å²) in [6, 6.07) is 8.50. The molecule has 2 aromatic rings. The van der Waals surface area contributed by atoms with Crippen LogP contribution in [0.1, 0.15) is 15.9 Å². The molecule has 0 atom stereocenters. The number of amides is 1. The summed E-state index contributed by atoms with van der Waals surface area (Å²) in [7, 11) is 0. The Hall–Kier alpha value is -1.85. The molecule has 0 spiro atoms. The predicted octanol–water partition coefficient (Wildman–Crippen LogP) is 3.28. The molecule has 1 amide bonds. The molecule has 4 nitrogen and oxygen atoms in total. The third-order valence-corrected chi connectivity index (χ3v) is 3.66. The van der Waals surface area contributed by atoms with E-state index < -0.39 is 5.97 Å². The number of rotatable bonds is 4. The highest BCUT2D eigenvalue weighted by Crippen LogP contribution is 2.24. The molecule has 0 radical (unpaired) electrons. The fraction of sp³-hybridized carbons (Fsp3) is 0.0769. The van der Waals surface area contributed by atoms with E-state index in [9.17, 15) is 9.59 Å². The van der Waals surface area contributed by atoms with Crippen LogP contribution in [0.2, 0.25) is 5.02 Å². The van der Waals surface area contributed by atoms with Gasteiger partial charge < -0.3 is 10.4 Å². The van der Waals surface area contributed by atoms with Crippen LogP contribution in [0.5, 0.6) is 0 Å². The Balaban J connectivity index is 2.08. The summed E-state index contributed by atoms with van der Waals surface area (Å²) in [6.45, 7) is 0. The largest absolute Gasteiger partial charge is 0.478 e. The van der Waals surface area contributed by atoms with Crippen molar-refractivity contribution in [2.24, 2.45) is 0 Å². The van der Waals surface area contributed by atoms with E-state index >= 15 is 0 Å². The van der Waals surface area contributed by atoms with Crippen LogP contribution < -0.4 is 5.32 Å². The standard InChI is InChI=1S/C13H10ClNO3S/c14-10-4-2-1-3-8(10)7-11(16)15-12-9(13(17)18)5-6-19-12/h1-6H,7H2,(H,15,16)(H,17,18). The number of carboxylic acids is 1. The van der Waals surface area contributed by atoms with E-state index in [-0.39, 0.29) is 17.9 Å². The number of benzene rings is 1. The SMILES string of the molecule is O=C(Cc1ccccc1Cl)Nc1sccc1C(=O)O. The first kappa shape index (κ1) is 13.6. The van der Waals surface area contributed by atoms with Crippen LogP contribution in [0, 0.1) is 0 Å². The number of carbonyl (C=O) groups excluding carboxylic acids is 1. The Bertz CT molecular complexity index is 624. The summed E-state index contributed by atoms with van der Waals surface area (Å²) in [4.78, 5) is 22.8. The Labute approximate surface area is 118 Å². The van der Waals surface area contributed by atoms with Crippen molar-refractivity contribution in [1.82, 2.24) is 0 Å². The van der Waals surface area contributed by atoms with E-state index in [2.05, 4.69) is 5.32 Å². The molecule has 19 heavy (non-hydrogen) atoms. The van der Waals surface area contributed by atoms with Crippen molar-refractivity contribution in [2.75, 3.05) is 5.32 Å². The van der Waals surface area contributed by atoms with Gasteiger partial charge in [-0.3, -0.25) is 4.79 Å². The topological polar surface area (TPSA) is 66.4 Å². The molecule has 0 bridgehead atoms. The summed E-state index contributed by atoms with van der Waals surface area (Å²) in [6.07, 6.45) is 0.108. The molecule has 0 aliphatic rings. The monoisotopic (exact) mass is 295 g/mol. The van der Waals surface area contributed by atoms with Gasteiger partial charge in [0.25, 0.3) is 0 Å². The number of hydrogen-bond acceptors (Lipinski definition) is 3. The number of hydrogen-bond donors (Lipinski definition) is 2. The summed E-state index contributed by atoms with van der Waals surface area (Å²) < 4.78 is 0. The molecule has 0 saturated carbocycles. The first-order chi connectivity index (χ1) is 9.08. The molecule has 1 aromatic carbocycles. The molecule has 1 heterocycles. The van der Waals surface area contributed by atoms with Gasteiger partial charge in [0.2, 0.25) is 5.91 Å². The normalized spacial score (nSPS) is 10.2. The van der Waals surface area contributed by atoms with Gasteiger partial charge in [0, 0.05) is 5.02 Å². The van der Waals surface area contributed by atoms with Gasteiger partial charge in [-0.05, 0) is 23.1 Å². The highest BCUT2D eigenvalue weighted by Gasteiger charge is 2.14. The van der Waals surface area contributed by atoms with Gasteiger partial charge in [0.05, 0.1) is 12.0 Å². The first-order valence-electron chi connectivity index (χ1n) is 5.42. The van der Waals surface area contributed by atoms with Crippen LogP contribution in [0.3, 0.4) is 0 Å². The molecule has 0 unspecified atom stereocenters. The van der Waals surface area contributed by atoms with Gasteiger partial charge in [0.15, 0.2) is 0 Å². The fourth-order valence-electron chi connectivity index (χ4n) is 1.56. The maximum atomic E-state index is 11.9. The smallest absolute Gasteiger partial charge is 0.338 e. The van der Waals surface area contributed by atoms with Crippen LogP contribution in [-0.2, 0) is 11.2 Å². The lowest BCUT2D eigenvalue weighted by molar-refractivity contribution is -0.115. The summed E-state index contributed by atoms with van der Waals surface area (Å²) in [5, 5.41) is 14.0. The number of aromatic carboxylic acids is 1. The number of thiophene rings is 1. The highest BCUT2D eigenvalue weighted by molar-refractivity contribution is 7.14. The Morgan fingerprint density at radius 3 is 2.68 bits per heavy atom. The van der Waals surface area contributed by atoms with Gasteiger partial charge >= 0.3 is 5.97 Å². The van der Waals surface area contributed by atoms with Crippen LogP contribution in [0.4, 0.5) is 5.00 Å². The summed E-state index contributed by atoms with van der Waals surface area (Å²) in [5.41, 5.74) is 0.799. The molecule has 0 aliphatic heterocycles. The lowest BCUT2D eigenvalue weighted by Crippen LogP contribution is -2.15. The third-order valence-electron chi connectivity index (χ3n) is 2.46. The maximum absolute atomic E-state index is 11.9.